The third kappa shape index (κ3) is 3.63. The molecular formula is C18H17N5S. The summed E-state index contributed by atoms with van der Waals surface area (Å²) in [5.74, 6) is 0.748. The zero-order valence-electron chi connectivity index (χ0n) is 13.5. The van der Waals surface area contributed by atoms with E-state index in [1.807, 2.05) is 23.7 Å². The van der Waals surface area contributed by atoms with Gasteiger partial charge in [-0.3, -0.25) is 4.98 Å². The van der Waals surface area contributed by atoms with Gasteiger partial charge in [0.15, 0.2) is 11.0 Å². The van der Waals surface area contributed by atoms with Crippen LogP contribution in [0, 0.1) is 18.3 Å². The number of nitrogens with zero attached hydrogens (tertiary/aromatic N) is 5. The van der Waals surface area contributed by atoms with Gasteiger partial charge in [-0.25, -0.2) is 0 Å². The molecule has 24 heavy (non-hydrogen) atoms. The molecule has 0 bridgehead atoms. The van der Waals surface area contributed by atoms with Gasteiger partial charge in [0.05, 0.1) is 6.07 Å². The lowest BCUT2D eigenvalue weighted by atomic mass is 10.1. The molecule has 0 aliphatic carbocycles. The van der Waals surface area contributed by atoms with Crippen LogP contribution in [0.4, 0.5) is 0 Å². The van der Waals surface area contributed by atoms with Crippen molar-refractivity contribution in [2.24, 2.45) is 7.05 Å². The van der Waals surface area contributed by atoms with Crippen LogP contribution in [0.5, 0.6) is 0 Å². The van der Waals surface area contributed by atoms with Crippen LogP contribution in [-0.2, 0) is 13.5 Å². The Kier molecular flexibility index (Phi) is 4.92. The molecule has 0 aliphatic heterocycles. The highest BCUT2D eigenvalue weighted by Crippen LogP contribution is 2.27. The normalized spacial score (nSPS) is 11.9. The summed E-state index contributed by atoms with van der Waals surface area (Å²) in [5.41, 5.74) is 3.27. The van der Waals surface area contributed by atoms with Crippen LogP contribution >= 0.6 is 11.8 Å². The lowest BCUT2D eigenvalue weighted by Gasteiger charge is -2.09. The highest BCUT2D eigenvalue weighted by Gasteiger charge is 2.17. The van der Waals surface area contributed by atoms with Gasteiger partial charge in [0.2, 0.25) is 0 Å². The monoisotopic (exact) mass is 335 g/mol. The second-order valence-electron chi connectivity index (χ2n) is 5.53. The largest absolute Gasteiger partial charge is 0.305 e. The molecule has 0 fully saturated rings. The average molecular weight is 335 g/mol. The first-order valence-corrected chi connectivity index (χ1v) is 8.47. The molecule has 0 saturated carbocycles. The molecule has 1 aromatic carbocycles. The molecule has 3 aromatic rings. The molecule has 0 saturated heterocycles. The third-order valence-corrected chi connectivity index (χ3v) is 4.81. The molecule has 1 atom stereocenters. The summed E-state index contributed by atoms with van der Waals surface area (Å²) in [6, 6.07) is 14.4. The van der Waals surface area contributed by atoms with Gasteiger partial charge in [-0.05, 0) is 31.0 Å². The van der Waals surface area contributed by atoms with Crippen LogP contribution in [0.1, 0.15) is 11.1 Å². The average Bonchev–Trinajstić information content (AvgIpc) is 2.97. The summed E-state index contributed by atoms with van der Waals surface area (Å²) < 4.78 is 1.90. The SMILES string of the molecule is Cc1ccc(C[C@@H](C#N)Sc2nnc(-c3cccnc3)n2C)cc1. The molecule has 0 N–H and O–H groups in total. The second kappa shape index (κ2) is 7.28. The number of pyridine rings is 1. The maximum atomic E-state index is 9.48. The first kappa shape index (κ1) is 16.2. The predicted molar refractivity (Wildman–Crippen MR) is 94.4 cm³/mol. The van der Waals surface area contributed by atoms with Crippen molar-refractivity contribution in [2.75, 3.05) is 0 Å². The Bertz CT molecular complexity index is 849. The number of nitriles is 1. The number of rotatable bonds is 5. The van der Waals surface area contributed by atoms with Crippen LogP contribution in [0.25, 0.3) is 11.4 Å². The first-order valence-electron chi connectivity index (χ1n) is 7.59. The molecule has 3 rings (SSSR count). The van der Waals surface area contributed by atoms with Gasteiger partial charge in [-0.15, -0.1) is 10.2 Å². The van der Waals surface area contributed by atoms with E-state index in [-0.39, 0.29) is 5.25 Å². The standard InChI is InChI=1S/C18H17N5S/c1-13-5-7-14(8-6-13)10-16(11-19)24-18-22-21-17(23(18)2)15-4-3-9-20-12-15/h3-9,12,16H,10H2,1-2H3/t16-/m0/s1. The minimum absolute atomic E-state index is 0.211. The Morgan fingerprint density at radius 1 is 1.21 bits per heavy atom. The van der Waals surface area contributed by atoms with E-state index < -0.39 is 0 Å². The molecule has 120 valence electrons. The van der Waals surface area contributed by atoms with Crippen molar-refractivity contribution in [1.82, 2.24) is 19.7 Å². The van der Waals surface area contributed by atoms with E-state index in [0.717, 1.165) is 22.1 Å². The predicted octanol–water partition coefficient (Wildman–Crippen LogP) is 3.41. The van der Waals surface area contributed by atoms with Crippen LogP contribution in [0.15, 0.2) is 53.9 Å². The number of aryl methyl sites for hydroxylation is 1. The van der Waals surface area contributed by atoms with Gasteiger partial charge in [0, 0.05) is 25.0 Å². The minimum atomic E-state index is -0.211. The molecule has 6 heteroatoms. The van der Waals surface area contributed by atoms with E-state index in [1.165, 1.54) is 17.3 Å². The van der Waals surface area contributed by atoms with Crippen molar-refractivity contribution in [2.45, 2.75) is 23.8 Å². The smallest absolute Gasteiger partial charge is 0.192 e. The number of hydrogen-bond donors (Lipinski definition) is 0. The third-order valence-electron chi connectivity index (χ3n) is 3.69. The molecule has 0 radical (unpaired) electrons. The van der Waals surface area contributed by atoms with Gasteiger partial charge in [0.1, 0.15) is 5.25 Å². The Hall–Kier alpha value is -2.65. The second-order valence-corrected chi connectivity index (χ2v) is 6.70. The zero-order chi connectivity index (χ0) is 16.9. The van der Waals surface area contributed by atoms with Crippen molar-refractivity contribution >= 4 is 11.8 Å². The fourth-order valence-corrected chi connectivity index (χ4v) is 3.26. The van der Waals surface area contributed by atoms with Crippen LogP contribution in [-0.4, -0.2) is 25.0 Å². The molecule has 0 aliphatic rings. The Morgan fingerprint density at radius 3 is 2.67 bits per heavy atom. The fraction of sp³-hybridized carbons (Fsp3) is 0.222. The highest BCUT2D eigenvalue weighted by atomic mass is 32.2. The van der Waals surface area contributed by atoms with Crippen LogP contribution < -0.4 is 0 Å². The molecule has 0 spiro atoms. The summed E-state index contributed by atoms with van der Waals surface area (Å²) >= 11 is 1.44. The first-order chi connectivity index (χ1) is 11.7. The fourth-order valence-electron chi connectivity index (χ4n) is 2.34. The summed E-state index contributed by atoms with van der Waals surface area (Å²) in [7, 11) is 1.91. The summed E-state index contributed by atoms with van der Waals surface area (Å²) in [6.45, 7) is 2.06. The van der Waals surface area contributed by atoms with E-state index >= 15 is 0 Å². The van der Waals surface area contributed by atoms with Gasteiger partial charge < -0.3 is 4.57 Å². The lowest BCUT2D eigenvalue weighted by Crippen LogP contribution is -2.06. The van der Waals surface area contributed by atoms with E-state index in [2.05, 4.69) is 52.4 Å². The number of aromatic nitrogens is 4. The van der Waals surface area contributed by atoms with Crippen molar-refractivity contribution in [3.8, 4) is 17.5 Å². The Labute approximate surface area is 145 Å². The lowest BCUT2D eigenvalue weighted by molar-refractivity contribution is 0.790. The van der Waals surface area contributed by atoms with E-state index in [4.69, 9.17) is 0 Å². The van der Waals surface area contributed by atoms with Crippen LogP contribution in [0.2, 0.25) is 0 Å². The van der Waals surface area contributed by atoms with Crippen LogP contribution in [0.3, 0.4) is 0 Å². The number of hydrogen-bond acceptors (Lipinski definition) is 5. The molecular weight excluding hydrogens is 318 g/mol. The molecule has 5 nitrogen and oxygen atoms in total. The maximum Gasteiger partial charge on any atom is 0.192 e. The van der Waals surface area contributed by atoms with Crippen molar-refractivity contribution < 1.29 is 0 Å². The number of thioether (sulfide) groups is 1. The molecule has 2 aromatic heterocycles. The summed E-state index contributed by atoms with van der Waals surface area (Å²) in [5, 5.41) is 18.5. The van der Waals surface area contributed by atoms with E-state index in [1.54, 1.807) is 12.4 Å². The van der Waals surface area contributed by atoms with Crippen molar-refractivity contribution in [3.63, 3.8) is 0 Å². The molecule has 0 unspecified atom stereocenters. The topological polar surface area (TPSA) is 67.4 Å². The van der Waals surface area contributed by atoms with Gasteiger partial charge in [0.25, 0.3) is 0 Å². The van der Waals surface area contributed by atoms with Crippen molar-refractivity contribution in [1.29, 1.82) is 5.26 Å². The Balaban J connectivity index is 1.76. The quantitative estimate of drug-likeness (QED) is 0.668. The maximum absolute atomic E-state index is 9.48. The van der Waals surface area contributed by atoms with Gasteiger partial charge in [-0.2, -0.15) is 5.26 Å². The number of benzene rings is 1. The Morgan fingerprint density at radius 2 is 2.00 bits per heavy atom. The molecule has 0 amide bonds. The molecule has 2 heterocycles. The minimum Gasteiger partial charge on any atom is -0.305 e. The summed E-state index contributed by atoms with van der Waals surface area (Å²) in [6.07, 6.45) is 4.16. The van der Waals surface area contributed by atoms with E-state index in [9.17, 15) is 5.26 Å². The van der Waals surface area contributed by atoms with Crippen molar-refractivity contribution in [3.05, 3.63) is 59.9 Å². The van der Waals surface area contributed by atoms with E-state index in [0.29, 0.717) is 6.42 Å². The zero-order valence-corrected chi connectivity index (χ0v) is 14.4. The summed E-state index contributed by atoms with van der Waals surface area (Å²) in [4.78, 5) is 4.11. The van der Waals surface area contributed by atoms with Gasteiger partial charge in [-0.1, -0.05) is 41.6 Å². The highest BCUT2D eigenvalue weighted by molar-refractivity contribution is 8.00. The van der Waals surface area contributed by atoms with Gasteiger partial charge >= 0.3 is 0 Å².